The number of aliphatic hydroxyl groups is 1. The first-order valence-corrected chi connectivity index (χ1v) is 10.8. The fourth-order valence-electron chi connectivity index (χ4n) is 3.17. The number of carbonyl (C=O) groups excluding carboxylic acids is 1. The smallest absolute Gasteiger partial charge is 0.335 e. The van der Waals surface area contributed by atoms with Gasteiger partial charge in [-0.3, -0.25) is 0 Å². The van der Waals surface area contributed by atoms with Gasteiger partial charge in [-0.2, -0.15) is 0 Å². The standard InChI is InChI=1S/C26H34O5/c1-4-5-6-7-21-8-10-22(11-9-21)17-30-25-14-12-23(13-15-25)24(18-29-3)19-31-26(28)20(2)16-27/h8-15,24,27H,2,4-7,16-19H2,1,3H3. The molecule has 0 saturated carbocycles. The molecule has 5 heteroatoms. The van der Waals surface area contributed by atoms with Crippen LogP contribution < -0.4 is 4.74 Å². The fourth-order valence-corrected chi connectivity index (χ4v) is 3.17. The van der Waals surface area contributed by atoms with Gasteiger partial charge in [0.25, 0.3) is 0 Å². The average Bonchev–Trinajstić information content (AvgIpc) is 2.81. The Labute approximate surface area is 185 Å². The SMILES string of the molecule is C=C(CO)C(=O)OCC(COC)c1ccc(OCc2ccc(CCCCC)cc2)cc1. The summed E-state index contributed by atoms with van der Waals surface area (Å²) in [5.74, 6) is 0.0623. The number of aryl methyl sites for hydroxylation is 1. The molecule has 0 bridgehead atoms. The Bertz CT molecular complexity index is 796. The van der Waals surface area contributed by atoms with Crippen molar-refractivity contribution in [3.8, 4) is 5.75 Å². The van der Waals surface area contributed by atoms with Crippen molar-refractivity contribution >= 4 is 5.97 Å². The zero-order chi connectivity index (χ0) is 22.5. The van der Waals surface area contributed by atoms with Crippen LogP contribution in [0.3, 0.4) is 0 Å². The number of esters is 1. The van der Waals surface area contributed by atoms with Crippen LogP contribution in [0.4, 0.5) is 0 Å². The Morgan fingerprint density at radius 3 is 2.29 bits per heavy atom. The molecule has 0 radical (unpaired) electrons. The number of hydrogen-bond acceptors (Lipinski definition) is 5. The van der Waals surface area contributed by atoms with Crippen molar-refractivity contribution in [2.45, 2.75) is 45.1 Å². The summed E-state index contributed by atoms with van der Waals surface area (Å²) in [4.78, 5) is 11.7. The zero-order valence-corrected chi connectivity index (χ0v) is 18.6. The van der Waals surface area contributed by atoms with Gasteiger partial charge in [0, 0.05) is 13.0 Å². The molecule has 0 aliphatic rings. The number of unbranched alkanes of at least 4 members (excludes halogenated alkanes) is 2. The minimum Gasteiger partial charge on any atom is -0.489 e. The zero-order valence-electron chi connectivity index (χ0n) is 18.6. The van der Waals surface area contributed by atoms with Crippen molar-refractivity contribution in [1.82, 2.24) is 0 Å². The fraction of sp³-hybridized carbons (Fsp3) is 0.423. The lowest BCUT2D eigenvalue weighted by Gasteiger charge is -2.17. The van der Waals surface area contributed by atoms with E-state index in [4.69, 9.17) is 19.3 Å². The highest BCUT2D eigenvalue weighted by molar-refractivity contribution is 5.87. The molecule has 0 heterocycles. The van der Waals surface area contributed by atoms with E-state index in [-0.39, 0.29) is 18.1 Å². The van der Waals surface area contributed by atoms with E-state index in [0.717, 1.165) is 23.3 Å². The Kier molecular flexibility index (Phi) is 10.8. The summed E-state index contributed by atoms with van der Waals surface area (Å²) in [5, 5.41) is 8.97. The predicted molar refractivity (Wildman–Crippen MR) is 122 cm³/mol. The van der Waals surface area contributed by atoms with Gasteiger partial charge in [-0.25, -0.2) is 4.79 Å². The molecule has 2 aromatic rings. The van der Waals surface area contributed by atoms with Crippen LogP contribution in [0.5, 0.6) is 5.75 Å². The molecule has 168 valence electrons. The maximum Gasteiger partial charge on any atom is 0.335 e. The summed E-state index contributed by atoms with van der Waals surface area (Å²) < 4.78 is 16.4. The normalized spacial score (nSPS) is 11.7. The quantitative estimate of drug-likeness (QED) is 0.267. The van der Waals surface area contributed by atoms with Crippen LogP contribution in [0, 0.1) is 0 Å². The molecule has 2 rings (SSSR count). The number of carbonyl (C=O) groups is 1. The third kappa shape index (κ3) is 8.56. The summed E-state index contributed by atoms with van der Waals surface area (Å²) >= 11 is 0. The summed E-state index contributed by atoms with van der Waals surface area (Å²) in [6.45, 7) is 6.35. The van der Waals surface area contributed by atoms with E-state index in [1.165, 1.54) is 24.8 Å². The van der Waals surface area contributed by atoms with Crippen LogP contribution >= 0.6 is 0 Å². The van der Waals surface area contributed by atoms with Crippen molar-refractivity contribution in [2.75, 3.05) is 26.9 Å². The van der Waals surface area contributed by atoms with Gasteiger partial charge in [-0.1, -0.05) is 62.7 Å². The molecule has 31 heavy (non-hydrogen) atoms. The molecule has 1 N–H and O–H groups in total. The maximum atomic E-state index is 11.7. The van der Waals surface area contributed by atoms with Crippen LogP contribution in [0.25, 0.3) is 0 Å². The second-order valence-corrected chi connectivity index (χ2v) is 7.64. The van der Waals surface area contributed by atoms with Crippen LogP contribution in [-0.2, 0) is 27.3 Å². The van der Waals surface area contributed by atoms with Gasteiger partial charge in [-0.15, -0.1) is 0 Å². The molecule has 0 aliphatic heterocycles. The van der Waals surface area contributed by atoms with E-state index in [0.29, 0.717) is 13.2 Å². The third-order valence-electron chi connectivity index (χ3n) is 5.11. The molecular formula is C26H34O5. The molecule has 0 fully saturated rings. The molecular weight excluding hydrogens is 392 g/mol. The molecule has 1 unspecified atom stereocenters. The van der Waals surface area contributed by atoms with E-state index < -0.39 is 12.6 Å². The van der Waals surface area contributed by atoms with Gasteiger partial charge in [0.2, 0.25) is 0 Å². The van der Waals surface area contributed by atoms with E-state index in [1.54, 1.807) is 7.11 Å². The first kappa shape index (κ1) is 24.6. The molecule has 0 spiro atoms. The van der Waals surface area contributed by atoms with Gasteiger partial charge in [0.15, 0.2) is 0 Å². The first-order valence-electron chi connectivity index (χ1n) is 10.8. The van der Waals surface area contributed by atoms with Crippen molar-refractivity contribution in [3.63, 3.8) is 0 Å². The Morgan fingerprint density at radius 2 is 1.68 bits per heavy atom. The van der Waals surface area contributed by atoms with Crippen molar-refractivity contribution in [3.05, 3.63) is 77.4 Å². The van der Waals surface area contributed by atoms with E-state index in [9.17, 15) is 4.79 Å². The summed E-state index contributed by atoms with van der Waals surface area (Å²) in [6.07, 6.45) is 4.87. The lowest BCUT2D eigenvalue weighted by atomic mass is 10.0. The number of hydrogen-bond donors (Lipinski definition) is 1. The van der Waals surface area contributed by atoms with Crippen molar-refractivity contribution < 1.29 is 24.1 Å². The average molecular weight is 427 g/mol. The highest BCUT2D eigenvalue weighted by Crippen LogP contribution is 2.22. The van der Waals surface area contributed by atoms with Crippen LogP contribution in [-0.4, -0.2) is 38.0 Å². The summed E-state index contributed by atoms with van der Waals surface area (Å²) in [7, 11) is 1.61. The number of benzene rings is 2. The predicted octanol–water partition coefficient (Wildman–Crippen LogP) is 4.82. The number of rotatable bonds is 14. The topological polar surface area (TPSA) is 65.0 Å². The van der Waals surface area contributed by atoms with Crippen LogP contribution in [0.1, 0.15) is 48.8 Å². The summed E-state index contributed by atoms with van der Waals surface area (Å²) in [5.41, 5.74) is 3.52. The third-order valence-corrected chi connectivity index (χ3v) is 5.11. The number of ether oxygens (including phenoxy) is 3. The van der Waals surface area contributed by atoms with Crippen LogP contribution in [0.2, 0.25) is 0 Å². The monoisotopic (exact) mass is 426 g/mol. The Balaban J connectivity index is 1.87. The Morgan fingerprint density at radius 1 is 1.00 bits per heavy atom. The lowest BCUT2D eigenvalue weighted by Crippen LogP contribution is -2.18. The van der Waals surface area contributed by atoms with Gasteiger partial charge in [0.05, 0.1) is 18.8 Å². The minimum atomic E-state index is -0.597. The summed E-state index contributed by atoms with van der Waals surface area (Å²) in [6, 6.07) is 16.3. The maximum absolute atomic E-state index is 11.7. The van der Waals surface area contributed by atoms with E-state index in [2.05, 4.69) is 37.8 Å². The Hall–Kier alpha value is -2.63. The van der Waals surface area contributed by atoms with E-state index >= 15 is 0 Å². The van der Waals surface area contributed by atoms with E-state index in [1.807, 2.05) is 24.3 Å². The molecule has 2 aromatic carbocycles. The lowest BCUT2D eigenvalue weighted by molar-refractivity contribution is -0.140. The van der Waals surface area contributed by atoms with Gasteiger partial charge in [-0.05, 0) is 41.7 Å². The largest absolute Gasteiger partial charge is 0.489 e. The van der Waals surface area contributed by atoms with Crippen molar-refractivity contribution in [1.29, 1.82) is 0 Å². The second kappa shape index (κ2) is 13.6. The molecule has 0 aliphatic carbocycles. The second-order valence-electron chi connectivity index (χ2n) is 7.64. The highest BCUT2D eigenvalue weighted by atomic mass is 16.5. The van der Waals surface area contributed by atoms with Gasteiger partial charge < -0.3 is 19.3 Å². The van der Waals surface area contributed by atoms with Crippen molar-refractivity contribution in [2.24, 2.45) is 0 Å². The molecule has 0 saturated heterocycles. The van der Waals surface area contributed by atoms with Gasteiger partial charge >= 0.3 is 5.97 Å². The number of aliphatic hydroxyl groups excluding tert-OH is 1. The van der Waals surface area contributed by atoms with Crippen LogP contribution in [0.15, 0.2) is 60.7 Å². The highest BCUT2D eigenvalue weighted by Gasteiger charge is 2.16. The molecule has 0 amide bonds. The van der Waals surface area contributed by atoms with Gasteiger partial charge in [0.1, 0.15) is 19.0 Å². The molecule has 1 atom stereocenters. The molecule has 0 aromatic heterocycles. The molecule has 5 nitrogen and oxygen atoms in total. The minimum absolute atomic E-state index is 0.0360. The first-order chi connectivity index (χ1) is 15.1. The number of methoxy groups -OCH3 is 1.